The van der Waals surface area contributed by atoms with Crippen molar-refractivity contribution in [1.82, 2.24) is 0 Å². The maximum absolute atomic E-state index is 6.26. The quantitative estimate of drug-likeness (QED) is 0.546. The number of unbranched alkanes of at least 4 members (excludes halogenated alkanes) is 1. The topological polar surface area (TPSA) is 9.23 Å². The zero-order valence-corrected chi connectivity index (χ0v) is 17.2. The van der Waals surface area contributed by atoms with E-state index in [1.54, 1.807) is 14.7 Å². The summed E-state index contributed by atoms with van der Waals surface area (Å²) >= 11 is -2.01. The second-order valence-electron chi connectivity index (χ2n) is 5.57. The van der Waals surface area contributed by atoms with E-state index in [1.165, 1.54) is 43.0 Å². The van der Waals surface area contributed by atoms with Gasteiger partial charge < -0.3 is 0 Å². The van der Waals surface area contributed by atoms with E-state index in [0.29, 0.717) is 0 Å². The Morgan fingerprint density at radius 3 is 2.30 bits per heavy atom. The van der Waals surface area contributed by atoms with Crippen LogP contribution in [0.15, 0.2) is 18.2 Å². The molecule has 1 unspecified atom stereocenters. The zero-order chi connectivity index (χ0) is 14.8. The maximum atomic E-state index is 6.26. The van der Waals surface area contributed by atoms with Gasteiger partial charge in [-0.05, 0) is 0 Å². The van der Waals surface area contributed by atoms with Gasteiger partial charge in [-0.25, -0.2) is 0 Å². The van der Waals surface area contributed by atoms with Crippen LogP contribution in [0.1, 0.15) is 64.5 Å². The molecular formula is C18H32OSn. The number of aryl methyl sites for hydroxylation is 1. The third-order valence-electron chi connectivity index (χ3n) is 3.86. The van der Waals surface area contributed by atoms with Gasteiger partial charge >= 0.3 is 133 Å². The molecule has 0 N–H and O–H groups in total. The normalized spacial score (nSPS) is 12.6. The van der Waals surface area contributed by atoms with Crippen LogP contribution in [0.4, 0.5) is 0 Å². The molecule has 0 radical (unpaired) electrons. The molecular weight excluding hydrogens is 351 g/mol. The molecule has 1 nitrogen and oxygen atoms in total. The van der Waals surface area contributed by atoms with Crippen LogP contribution in [0.3, 0.4) is 0 Å². The number of hydrogen-bond acceptors (Lipinski definition) is 1. The minimum absolute atomic E-state index is 0.897. The van der Waals surface area contributed by atoms with E-state index in [9.17, 15) is 0 Å². The summed E-state index contributed by atoms with van der Waals surface area (Å²) in [6.07, 6.45) is 7.57. The fraction of sp³-hybridized carbons (Fsp3) is 0.667. The Morgan fingerprint density at radius 1 is 0.950 bits per heavy atom. The Labute approximate surface area is 133 Å². The first-order valence-corrected chi connectivity index (χ1v) is 13.8. The molecule has 0 saturated carbocycles. The first-order valence-electron chi connectivity index (χ1n) is 8.50. The van der Waals surface area contributed by atoms with Crippen molar-refractivity contribution in [2.75, 3.05) is 6.61 Å². The Balaban J connectivity index is 3.06. The predicted octanol–water partition coefficient (Wildman–Crippen LogP) is 4.36. The standard InChI is InChI=1S/C12H17.C4H9.C2H5O.Sn.H/c1-3-7-11-9-5-6-10-12(11)8-4-2;1-3-4-2;1-2-3;;/h5-6,9H,3-4,7-8H2,1-2H3;1,3-4H2,2H3;2H2,1H3;;/q;;-1;+1;. The third-order valence-corrected chi connectivity index (χ3v) is 12.1. The Kier molecular flexibility index (Phi) is 9.62. The van der Waals surface area contributed by atoms with Gasteiger partial charge in [-0.15, -0.1) is 0 Å². The van der Waals surface area contributed by atoms with Crippen molar-refractivity contribution in [1.29, 1.82) is 0 Å². The van der Waals surface area contributed by atoms with E-state index < -0.39 is 20.2 Å². The van der Waals surface area contributed by atoms with E-state index >= 15 is 0 Å². The molecule has 0 aliphatic rings. The van der Waals surface area contributed by atoms with Gasteiger partial charge in [-0.3, -0.25) is 0 Å². The van der Waals surface area contributed by atoms with Crippen LogP contribution >= 0.6 is 0 Å². The minimum atomic E-state index is -2.01. The van der Waals surface area contributed by atoms with Crippen LogP contribution < -0.4 is 3.58 Å². The van der Waals surface area contributed by atoms with E-state index in [2.05, 4.69) is 45.9 Å². The molecule has 1 rings (SSSR count). The molecule has 0 fully saturated rings. The van der Waals surface area contributed by atoms with Gasteiger partial charge in [-0.2, -0.15) is 0 Å². The molecule has 114 valence electrons. The average Bonchev–Trinajstić information content (AvgIpc) is 2.46. The molecule has 0 aliphatic carbocycles. The summed E-state index contributed by atoms with van der Waals surface area (Å²) in [7, 11) is 0. The first-order chi connectivity index (χ1) is 9.78. The second-order valence-corrected chi connectivity index (χ2v) is 12.7. The van der Waals surface area contributed by atoms with Crippen LogP contribution in [0.2, 0.25) is 4.44 Å². The molecule has 0 aliphatic heterocycles. The molecule has 0 spiro atoms. The van der Waals surface area contributed by atoms with E-state index in [-0.39, 0.29) is 0 Å². The molecule has 1 aromatic carbocycles. The van der Waals surface area contributed by atoms with Crippen molar-refractivity contribution in [3.05, 3.63) is 29.3 Å². The van der Waals surface area contributed by atoms with Gasteiger partial charge in [-0.1, -0.05) is 0 Å². The van der Waals surface area contributed by atoms with Crippen molar-refractivity contribution in [2.24, 2.45) is 0 Å². The molecule has 20 heavy (non-hydrogen) atoms. The second kappa shape index (κ2) is 10.7. The molecule has 1 atom stereocenters. The van der Waals surface area contributed by atoms with Crippen LogP contribution in [0.5, 0.6) is 0 Å². The van der Waals surface area contributed by atoms with E-state index in [1.807, 2.05) is 0 Å². The summed E-state index contributed by atoms with van der Waals surface area (Å²) in [6.45, 7) is 9.92. The predicted molar refractivity (Wildman–Crippen MR) is 92.6 cm³/mol. The SMILES string of the molecule is CCC[CH2][SnH]([O]CC)[c]1cccc(CCC)c1CCC. The fourth-order valence-electron chi connectivity index (χ4n) is 2.93. The number of rotatable bonds is 10. The van der Waals surface area contributed by atoms with Crippen molar-refractivity contribution >= 4 is 23.8 Å². The Bertz CT molecular complexity index is 376. The van der Waals surface area contributed by atoms with Crippen LogP contribution in [0, 0.1) is 0 Å². The van der Waals surface area contributed by atoms with E-state index in [4.69, 9.17) is 3.07 Å². The summed E-state index contributed by atoms with van der Waals surface area (Å²) in [5.74, 6) is 0. The van der Waals surface area contributed by atoms with Gasteiger partial charge in [0.15, 0.2) is 0 Å². The van der Waals surface area contributed by atoms with Crippen molar-refractivity contribution in [2.45, 2.75) is 70.7 Å². The number of benzene rings is 1. The molecule has 0 bridgehead atoms. The van der Waals surface area contributed by atoms with Crippen LogP contribution in [0.25, 0.3) is 0 Å². The Hall–Kier alpha value is -0.0213. The van der Waals surface area contributed by atoms with Gasteiger partial charge in [0.1, 0.15) is 0 Å². The third kappa shape index (κ3) is 5.40. The summed E-state index contributed by atoms with van der Waals surface area (Å²) in [5.41, 5.74) is 3.24. The zero-order valence-electron chi connectivity index (χ0n) is 13.9. The molecule has 0 heterocycles. The summed E-state index contributed by atoms with van der Waals surface area (Å²) in [6, 6.07) is 7.00. The molecule has 0 amide bonds. The fourth-order valence-corrected chi connectivity index (χ4v) is 11.2. The average molecular weight is 383 g/mol. The molecule has 0 saturated heterocycles. The van der Waals surface area contributed by atoms with Gasteiger partial charge in [0.25, 0.3) is 0 Å². The van der Waals surface area contributed by atoms with Gasteiger partial charge in [0.2, 0.25) is 0 Å². The first kappa shape index (κ1) is 18.0. The summed E-state index contributed by atoms with van der Waals surface area (Å²) in [4.78, 5) is 0. The van der Waals surface area contributed by atoms with Crippen molar-refractivity contribution in [3.63, 3.8) is 0 Å². The number of hydrogen-bond donors (Lipinski definition) is 0. The Morgan fingerprint density at radius 2 is 1.70 bits per heavy atom. The van der Waals surface area contributed by atoms with Crippen molar-refractivity contribution in [3.8, 4) is 0 Å². The summed E-state index contributed by atoms with van der Waals surface area (Å²) < 4.78 is 9.28. The summed E-state index contributed by atoms with van der Waals surface area (Å²) in [5, 5.41) is 0. The molecule has 2 heteroatoms. The molecule has 0 aromatic heterocycles. The van der Waals surface area contributed by atoms with E-state index in [0.717, 1.165) is 6.61 Å². The van der Waals surface area contributed by atoms with Gasteiger partial charge in [0.05, 0.1) is 0 Å². The van der Waals surface area contributed by atoms with Crippen LogP contribution in [-0.4, -0.2) is 26.8 Å². The van der Waals surface area contributed by atoms with Gasteiger partial charge in [0, 0.05) is 0 Å². The van der Waals surface area contributed by atoms with Crippen LogP contribution in [-0.2, 0) is 15.9 Å². The monoisotopic (exact) mass is 384 g/mol. The molecule has 1 aromatic rings. The van der Waals surface area contributed by atoms with Crippen molar-refractivity contribution < 1.29 is 3.07 Å².